The number of carbonyl (C=O) groups is 1. The number of aromatic amines is 1. The fraction of sp³-hybridized carbons (Fsp3) is 0.296. The minimum Gasteiger partial charge on any atom is -0.361 e. The van der Waals surface area contributed by atoms with Crippen molar-refractivity contribution >= 4 is 22.8 Å². The van der Waals surface area contributed by atoms with E-state index in [0.717, 1.165) is 48.1 Å². The van der Waals surface area contributed by atoms with Gasteiger partial charge in [0.25, 0.3) is 0 Å². The Morgan fingerprint density at radius 2 is 1.91 bits per heavy atom. The molecule has 3 heterocycles. The van der Waals surface area contributed by atoms with Crippen LogP contribution < -0.4 is 4.90 Å². The van der Waals surface area contributed by atoms with Gasteiger partial charge in [0.15, 0.2) is 0 Å². The predicted octanol–water partition coefficient (Wildman–Crippen LogP) is 4.99. The summed E-state index contributed by atoms with van der Waals surface area (Å²) in [5.41, 5.74) is 5.33. The normalized spacial score (nSPS) is 15.8. The van der Waals surface area contributed by atoms with Crippen molar-refractivity contribution in [2.45, 2.75) is 31.7 Å². The van der Waals surface area contributed by atoms with Crippen LogP contribution in [0.1, 0.15) is 36.6 Å². The monoisotopic (exact) mass is 439 g/mol. The Bertz CT molecular complexity index is 1260. The van der Waals surface area contributed by atoms with Gasteiger partial charge in [0.2, 0.25) is 11.9 Å². The molecule has 6 nitrogen and oxygen atoms in total. The van der Waals surface area contributed by atoms with Gasteiger partial charge in [0.05, 0.1) is 11.7 Å². The van der Waals surface area contributed by atoms with E-state index in [1.165, 1.54) is 10.9 Å². The molecule has 0 radical (unpaired) electrons. The molecule has 168 valence electrons. The molecule has 33 heavy (non-hydrogen) atoms. The topological polar surface area (TPSA) is 65.1 Å². The zero-order valence-electron chi connectivity index (χ0n) is 19.2. The molecule has 2 aromatic heterocycles. The van der Waals surface area contributed by atoms with Crippen LogP contribution in [0.5, 0.6) is 0 Å². The zero-order chi connectivity index (χ0) is 22.8. The lowest BCUT2D eigenvalue weighted by molar-refractivity contribution is -0.132. The molecular formula is C27H29N5O. The number of carbonyl (C=O) groups excluding carboxylic acids is 1. The molecule has 1 atom stereocenters. The number of benzene rings is 2. The van der Waals surface area contributed by atoms with E-state index in [9.17, 15) is 4.79 Å². The number of hydrogen-bond acceptors (Lipinski definition) is 4. The maximum absolute atomic E-state index is 13.4. The van der Waals surface area contributed by atoms with Gasteiger partial charge in [-0.25, -0.2) is 9.97 Å². The molecule has 1 aliphatic rings. The van der Waals surface area contributed by atoms with E-state index in [2.05, 4.69) is 34.2 Å². The highest BCUT2D eigenvalue weighted by molar-refractivity contribution is 5.84. The van der Waals surface area contributed by atoms with Gasteiger partial charge >= 0.3 is 0 Å². The Labute approximate surface area is 194 Å². The van der Waals surface area contributed by atoms with Crippen LogP contribution in [0.25, 0.3) is 22.0 Å². The van der Waals surface area contributed by atoms with Crippen LogP contribution in [-0.2, 0) is 11.2 Å². The zero-order valence-corrected chi connectivity index (χ0v) is 19.2. The van der Waals surface area contributed by atoms with Gasteiger partial charge in [-0.2, -0.15) is 0 Å². The van der Waals surface area contributed by atoms with E-state index < -0.39 is 0 Å². The Hall–Kier alpha value is -3.67. The van der Waals surface area contributed by atoms with Crippen molar-refractivity contribution in [2.24, 2.45) is 0 Å². The first-order valence-electron chi connectivity index (χ1n) is 11.6. The molecular weight excluding hydrogens is 410 g/mol. The number of aromatic nitrogens is 3. The fourth-order valence-corrected chi connectivity index (χ4v) is 4.77. The molecule has 0 bridgehead atoms. The molecule has 1 aliphatic heterocycles. The molecule has 1 fully saturated rings. The minimum absolute atomic E-state index is 0.0302. The van der Waals surface area contributed by atoms with Crippen LogP contribution >= 0.6 is 0 Å². The number of fused-ring (bicyclic) bond motifs is 1. The van der Waals surface area contributed by atoms with Gasteiger partial charge in [0.1, 0.15) is 0 Å². The summed E-state index contributed by atoms with van der Waals surface area (Å²) in [6, 6.07) is 18.4. The molecule has 1 amide bonds. The summed E-state index contributed by atoms with van der Waals surface area (Å²) in [7, 11) is 3.89. The van der Waals surface area contributed by atoms with Gasteiger partial charge in [-0.05, 0) is 36.5 Å². The molecule has 6 heteroatoms. The highest BCUT2D eigenvalue weighted by Crippen LogP contribution is 2.37. The van der Waals surface area contributed by atoms with E-state index >= 15 is 0 Å². The van der Waals surface area contributed by atoms with Crippen LogP contribution in [-0.4, -0.2) is 46.4 Å². The smallest absolute Gasteiger partial charge is 0.225 e. The SMILES string of the molecule is CN(C)c1ncc(-c2ccccc2)c([C@H]2CCCN2C(=O)CCc2c[nH]c3ccccc23)n1. The first kappa shape index (κ1) is 21.2. The first-order valence-corrected chi connectivity index (χ1v) is 11.6. The largest absolute Gasteiger partial charge is 0.361 e. The number of H-pyrrole nitrogens is 1. The highest BCUT2D eigenvalue weighted by atomic mass is 16.2. The van der Waals surface area contributed by atoms with Crippen LogP contribution in [0.3, 0.4) is 0 Å². The van der Waals surface area contributed by atoms with Crippen LogP contribution in [0, 0.1) is 0 Å². The maximum atomic E-state index is 13.4. The van der Waals surface area contributed by atoms with Gasteiger partial charge in [-0.15, -0.1) is 0 Å². The summed E-state index contributed by atoms with van der Waals surface area (Å²) in [6.45, 7) is 0.771. The Balaban J connectivity index is 1.41. The van der Waals surface area contributed by atoms with E-state index in [4.69, 9.17) is 4.98 Å². The highest BCUT2D eigenvalue weighted by Gasteiger charge is 2.33. The van der Waals surface area contributed by atoms with Gasteiger partial charge in [-0.1, -0.05) is 48.5 Å². The molecule has 5 rings (SSSR count). The molecule has 0 spiro atoms. The van der Waals surface area contributed by atoms with Crippen LogP contribution in [0.2, 0.25) is 0 Å². The number of anilines is 1. The third kappa shape index (κ3) is 4.21. The second-order valence-electron chi connectivity index (χ2n) is 8.83. The molecule has 4 aromatic rings. The number of rotatable bonds is 6. The number of likely N-dealkylation sites (tertiary alicyclic amines) is 1. The van der Waals surface area contributed by atoms with Crippen LogP contribution in [0.4, 0.5) is 5.95 Å². The first-order chi connectivity index (χ1) is 16.1. The fourth-order valence-electron chi connectivity index (χ4n) is 4.77. The van der Waals surface area contributed by atoms with Crippen molar-refractivity contribution in [1.82, 2.24) is 19.9 Å². The second kappa shape index (κ2) is 9.06. The van der Waals surface area contributed by atoms with Gasteiger partial charge in [0, 0.05) is 55.9 Å². The lowest BCUT2D eigenvalue weighted by Gasteiger charge is -2.27. The van der Waals surface area contributed by atoms with Gasteiger partial charge in [-0.3, -0.25) is 4.79 Å². The second-order valence-corrected chi connectivity index (χ2v) is 8.83. The molecule has 0 unspecified atom stereocenters. The van der Waals surface area contributed by atoms with Gasteiger partial charge < -0.3 is 14.8 Å². The van der Waals surface area contributed by atoms with E-state index in [0.29, 0.717) is 12.4 Å². The number of aryl methyl sites for hydroxylation is 1. The number of nitrogens with one attached hydrogen (secondary N) is 1. The van der Waals surface area contributed by atoms with Crippen molar-refractivity contribution in [3.05, 3.63) is 78.2 Å². The minimum atomic E-state index is -0.0302. The summed E-state index contributed by atoms with van der Waals surface area (Å²) in [4.78, 5) is 30.1. The Morgan fingerprint density at radius 3 is 2.73 bits per heavy atom. The molecule has 2 aromatic carbocycles. The molecule has 0 aliphatic carbocycles. The lowest BCUT2D eigenvalue weighted by Crippen LogP contribution is -2.31. The summed E-state index contributed by atoms with van der Waals surface area (Å²) >= 11 is 0. The standard InChI is InChI=1S/C27H29N5O/c1-31(2)27-29-18-22(19-9-4-3-5-10-19)26(30-27)24-13-8-16-32(24)25(33)15-14-20-17-28-23-12-7-6-11-21(20)23/h3-7,9-12,17-18,24,28H,8,13-16H2,1-2H3/t24-/m1/s1. The third-order valence-corrected chi connectivity index (χ3v) is 6.46. The van der Waals surface area contributed by atoms with Crippen molar-refractivity contribution < 1.29 is 4.79 Å². The average molecular weight is 440 g/mol. The molecule has 1 saturated heterocycles. The summed E-state index contributed by atoms with van der Waals surface area (Å²) in [5, 5.41) is 1.20. The average Bonchev–Trinajstić information content (AvgIpc) is 3.50. The van der Waals surface area contributed by atoms with E-state index in [1.54, 1.807) is 0 Å². The summed E-state index contributed by atoms with van der Waals surface area (Å²) in [5.74, 6) is 0.856. The summed E-state index contributed by atoms with van der Waals surface area (Å²) < 4.78 is 0. The van der Waals surface area contributed by atoms with E-state index in [-0.39, 0.29) is 11.9 Å². The lowest BCUT2D eigenvalue weighted by atomic mass is 9.99. The predicted molar refractivity (Wildman–Crippen MR) is 132 cm³/mol. The number of nitrogens with zero attached hydrogens (tertiary/aromatic N) is 4. The number of para-hydroxylation sites is 1. The third-order valence-electron chi connectivity index (χ3n) is 6.46. The molecule has 0 saturated carbocycles. The molecule has 1 N–H and O–H groups in total. The number of amides is 1. The van der Waals surface area contributed by atoms with Crippen LogP contribution in [0.15, 0.2) is 67.0 Å². The van der Waals surface area contributed by atoms with Crippen molar-refractivity contribution in [3.63, 3.8) is 0 Å². The van der Waals surface area contributed by atoms with Crippen molar-refractivity contribution in [1.29, 1.82) is 0 Å². The Kier molecular flexibility index (Phi) is 5.82. The maximum Gasteiger partial charge on any atom is 0.225 e. The quantitative estimate of drug-likeness (QED) is 0.460. The Morgan fingerprint density at radius 1 is 1.12 bits per heavy atom. The van der Waals surface area contributed by atoms with Crippen molar-refractivity contribution in [2.75, 3.05) is 25.5 Å². The van der Waals surface area contributed by atoms with Crippen molar-refractivity contribution in [3.8, 4) is 11.1 Å². The summed E-state index contributed by atoms with van der Waals surface area (Å²) in [6.07, 6.45) is 7.05. The van der Waals surface area contributed by atoms with E-state index in [1.807, 2.05) is 66.6 Å². The number of hydrogen-bond donors (Lipinski definition) is 1.